The van der Waals surface area contributed by atoms with Crippen molar-refractivity contribution in [2.75, 3.05) is 20.3 Å². The number of nitrogens with one attached hydrogen (secondary N) is 1. The van der Waals surface area contributed by atoms with Gasteiger partial charge in [-0.1, -0.05) is 11.2 Å². The van der Waals surface area contributed by atoms with Crippen LogP contribution in [0, 0.1) is 12.8 Å². The fourth-order valence-electron chi connectivity index (χ4n) is 3.42. The van der Waals surface area contributed by atoms with Gasteiger partial charge in [0.25, 0.3) is 0 Å². The third kappa shape index (κ3) is 3.80. The molecule has 0 bridgehead atoms. The number of amides is 2. The highest BCUT2D eigenvalue weighted by Crippen LogP contribution is 2.20. The van der Waals surface area contributed by atoms with E-state index in [0.29, 0.717) is 26.2 Å². The lowest BCUT2D eigenvalue weighted by atomic mass is 9.98. The molecule has 0 aromatic carbocycles. The summed E-state index contributed by atoms with van der Waals surface area (Å²) >= 11 is 0. The molecule has 0 radical (unpaired) electrons. The third-order valence-corrected chi connectivity index (χ3v) is 4.89. The zero-order chi connectivity index (χ0) is 18.8. The molecule has 0 saturated carbocycles. The molecule has 8 heteroatoms. The molecule has 27 heavy (non-hydrogen) atoms. The Bertz CT molecular complexity index is 934. The highest BCUT2D eigenvalue weighted by atomic mass is 16.5. The lowest BCUT2D eigenvalue weighted by molar-refractivity contribution is 0.178. The van der Waals surface area contributed by atoms with Gasteiger partial charge in [-0.05, 0) is 19.1 Å². The van der Waals surface area contributed by atoms with Gasteiger partial charge in [0.05, 0.1) is 43.4 Å². The standard InChI is InChI=1S/C19H23N5O3/c1-13-7-16(27-22-13)8-14-11-26-12-17(14)21-19(25)23(2)10-15-9-20-18-5-3-4-6-24(15)18/h3-7,9,14,17H,8,10-12H2,1-2H3,(H,21,25). The first-order chi connectivity index (χ1) is 13.1. The van der Waals surface area contributed by atoms with Crippen LogP contribution in [0.5, 0.6) is 0 Å². The van der Waals surface area contributed by atoms with Crippen molar-refractivity contribution in [2.45, 2.75) is 25.9 Å². The number of imidazole rings is 1. The largest absolute Gasteiger partial charge is 0.379 e. The number of carbonyl (C=O) groups is 1. The predicted octanol–water partition coefficient (Wildman–Crippen LogP) is 2.03. The monoisotopic (exact) mass is 369 g/mol. The van der Waals surface area contributed by atoms with Crippen LogP contribution in [0.4, 0.5) is 4.79 Å². The van der Waals surface area contributed by atoms with E-state index in [1.165, 1.54) is 0 Å². The molecule has 1 N–H and O–H groups in total. The quantitative estimate of drug-likeness (QED) is 0.744. The van der Waals surface area contributed by atoms with Crippen molar-refractivity contribution >= 4 is 11.7 Å². The number of carbonyl (C=O) groups excluding carboxylic acids is 1. The summed E-state index contributed by atoms with van der Waals surface area (Å²) in [5, 5.41) is 7.01. The summed E-state index contributed by atoms with van der Waals surface area (Å²) in [4.78, 5) is 18.7. The Morgan fingerprint density at radius 3 is 3.11 bits per heavy atom. The molecule has 4 heterocycles. The van der Waals surface area contributed by atoms with Crippen LogP contribution in [0.3, 0.4) is 0 Å². The highest BCUT2D eigenvalue weighted by Gasteiger charge is 2.31. The van der Waals surface area contributed by atoms with Crippen LogP contribution in [-0.4, -0.2) is 51.8 Å². The van der Waals surface area contributed by atoms with Crippen molar-refractivity contribution in [3.63, 3.8) is 0 Å². The van der Waals surface area contributed by atoms with Crippen molar-refractivity contribution in [1.29, 1.82) is 0 Å². The van der Waals surface area contributed by atoms with Crippen molar-refractivity contribution in [3.05, 3.63) is 53.8 Å². The van der Waals surface area contributed by atoms with Gasteiger partial charge >= 0.3 is 6.03 Å². The molecule has 0 spiro atoms. The Morgan fingerprint density at radius 1 is 1.41 bits per heavy atom. The fraction of sp³-hybridized carbons (Fsp3) is 0.421. The van der Waals surface area contributed by atoms with Crippen molar-refractivity contribution < 1.29 is 14.1 Å². The maximum Gasteiger partial charge on any atom is 0.317 e. The molecule has 3 aromatic rings. The van der Waals surface area contributed by atoms with Crippen LogP contribution in [0.2, 0.25) is 0 Å². The van der Waals surface area contributed by atoms with Crippen molar-refractivity contribution in [3.8, 4) is 0 Å². The van der Waals surface area contributed by atoms with Gasteiger partial charge in [-0.15, -0.1) is 0 Å². The third-order valence-electron chi connectivity index (χ3n) is 4.89. The summed E-state index contributed by atoms with van der Waals surface area (Å²) in [7, 11) is 1.78. The summed E-state index contributed by atoms with van der Waals surface area (Å²) in [5.41, 5.74) is 2.68. The van der Waals surface area contributed by atoms with E-state index < -0.39 is 0 Å². The van der Waals surface area contributed by atoms with E-state index in [9.17, 15) is 4.79 Å². The number of hydrogen-bond acceptors (Lipinski definition) is 5. The second-order valence-corrected chi connectivity index (χ2v) is 7.03. The molecule has 142 valence electrons. The number of pyridine rings is 1. The zero-order valence-electron chi connectivity index (χ0n) is 15.5. The van der Waals surface area contributed by atoms with Crippen LogP contribution in [0.1, 0.15) is 17.1 Å². The van der Waals surface area contributed by atoms with Gasteiger partial charge < -0.3 is 23.9 Å². The molecule has 2 amide bonds. The number of ether oxygens (including phenoxy) is 1. The van der Waals surface area contributed by atoms with E-state index in [-0.39, 0.29) is 18.0 Å². The average Bonchev–Trinajstić information content (AvgIpc) is 3.37. The number of aryl methyl sites for hydroxylation is 1. The molecule has 1 aliphatic heterocycles. The second-order valence-electron chi connectivity index (χ2n) is 7.03. The summed E-state index contributed by atoms with van der Waals surface area (Å²) in [6.45, 7) is 3.47. The molecule has 8 nitrogen and oxygen atoms in total. The average molecular weight is 369 g/mol. The van der Waals surface area contributed by atoms with Gasteiger partial charge in [0.2, 0.25) is 0 Å². The lowest BCUT2D eigenvalue weighted by Crippen LogP contribution is -2.46. The molecule has 0 aliphatic carbocycles. The van der Waals surface area contributed by atoms with E-state index in [1.807, 2.05) is 41.8 Å². The van der Waals surface area contributed by atoms with E-state index in [1.54, 1.807) is 18.1 Å². The predicted molar refractivity (Wildman–Crippen MR) is 98.2 cm³/mol. The number of rotatable bonds is 5. The number of urea groups is 1. The van der Waals surface area contributed by atoms with Crippen LogP contribution < -0.4 is 5.32 Å². The van der Waals surface area contributed by atoms with Gasteiger partial charge in [0.15, 0.2) is 0 Å². The molecule has 2 atom stereocenters. The first-order valence-corrected chi connectivity index (χ1v) is 9.02. The Balaban J connectivity index is 1.37. The summed E-state index contributed by atoms with van der Waals surface area (Å²) < 4.78 is 12.9. The van der Waals surface area contributed by atoms with Gasteiger partial charge in [-0.3, -0.25) is 0 Å². The van der Waals surface area contributed by atoms with Crippen molar-refractivity contribution in [1.82, 2.24) is 24.8 Å². The molecule has 1 saturated heterocycles. The van der Waals surface area contributed by atoms with Gasteiger partial charge in [-0.2, -0.15) is 0 Å². The summed E-state index contributed by atoms with van der Waals surface area (Å²) in [6.07, 6.45) is 4.44. The summed E-state index contributed by atoms with van der Waals surface area (Å²) in [5.74, 6) is 0.992. The Kier molecular flexibility index (Phi) is 4.81. The number of fused-ring (bicyclic) bond motifs is 1. The summed E-state index contributed by atoms with van der Waals surface area (Å²) in [6, 6.07) is 7.58. The van der Waals surface area contributed by atoms with Gasteiger partial charge in [-0.25, -0.2) is 9.78 Å². The van der Waals surface area contributed by atoms with Gasteiger partial charge in [0, 0.05) is 31.6 Å². The van der Waals surface area contributed by atoms with Crippen LogP contribution in [0.15, 0.2) is 41.2 Å². The molecule has 1 aliphatic rings. The first kappa shape index (κ1) is 17.5. The second kappa shape index (κ2) is 7.40. The number of nitrogens with zero attached hydrogens (tertiary/aromatic N) is 4. The maximum absolute atomic E-state index is 12.7. The normalized spacial score (nSPS) is 19.5. The van der Waals surface area contributed by atoms with Crippen LogP contribution >= 0.6 is 0 Å². The molecular formula is C19H23N5O3. The smallest absolute Gasteiger partial charge is 0.317 e. The van der Waals surface area contributed by atoms with E-state index in [0.717, 1.165) is 22.8 Å². The Labute approximate surface area is 157 Å². The zero-order valence-corrected chi connectivity index (χ0v) is 15.5. The maximum atomic E-state index is 12.7. The minimum Gasteiger partial charge on any atom is -0.379 e. The van der Waals surface area contributed by atoms with E-state index in [2.05, 4.69) is 15.5 Å². The molecular weight excluding hydrogens is 346 g/mol. The minimum atomic E-state index is -0.130. The highest BCUT2D eigenvalue weighted by molar-refractivity contribution is 5.74. The molecule has 3 aromatic heterocycles. The Hall–Kier alpha value is -2.87. The SMILES string of the molecule is Cc1cc(CC2COCC2NC(=O)N(C)Cc2cnc3ccccn23)on1. The van der Waals surface area contributed by atoms with Crippen LogP contribution in [-0.2, 0) is 17.7 Å². The topological polar surface area (TPSA) is 84.9 Å². The van der Waals surface area contributed by atoms with E-state index >= 15 is 0 Å². The fourth-order valence-corrected chi connectivity index (χ4v) is 3.42. The lowest BCUT2D eigenvalue weighted by Gasteiger charge is -2.23. The molecule has 1 fully saturated rings. The molecule has 2 unspecified atom stereocenters. The minimum absolute atomic E-state index is 0.0486. The first-order valence-electron chi connectivity index (χ1n) is 9.02. The van der Waals surface area contributed by atoms with E-state index in [4.69, 9.17) is 9.26 Å². The number of hydrogen-bond donors (Lipinski definition) is 1. The van der Waals surface area contributed by atoms with Gasteiger partial charge in [0.1, 0.15) is 11.4 Å². The Morgan fingerprint density at radius 2 is 2.30 bits per heavy atom. The van der Waals surface area contributed by atoms with Crippen LogP contribution in [0.25, 0.3) is 5.65 Å². The van der Waals surface area contributed by atoms with Crippen molar-refractivity contribution in [2.24, 2.45) is 5.92 Å². The molecule has 4 rings (SSSR count). The number of aromatic nitrogens is 3.